The molecule has 1 aliphatic rings. The van der Waals surface area contributed by atoms with Crippen LogP contribution in [0.15, 0.2) is 52.9 Å². The van der Waals surface area contributed by atoms with Gasteiger partial charge in [-0.1, -0.05) is 48.0 Å². The van der Waals surface area contributed by atoms with Crippen molar-refractivity contribution in [3.8, 4) is 5.75 Å². The highest BCUT2D eigenvalue weighted by molar-refractivity contribution is 6.30. The minimum absolute atomic E-state index is 0.183. The molecular formula is C29H33ClN2O4+2. The Balaban J connectivity index is 1.83. The van der Waals surface area contributed by atoms with Gasteiger partial charge in [0.1, 0.15) is 54.9 Å². The van der Waals surface area contributed by atoms with Gasteiger partial charge in [-0.05, 0) is 32.9 Å². The first-order chi connectivity index (χ1) is 17.4. The number of rotatable bonds is 6. The van der Waals surface area contributed by atoms with Crippen molar-refractivity contribution in [2.45, 2.75) is 26.8 Å². The highest BCUT2D eigenvalue weighted by atomic mass is 35.5. The molecule has 3 aromatic carbocycles. The van der Waals surface area contributed by atoms with E-state index in [4.69, 9.17) is 20.8 Å². The Morgan fingerprint density at radius 3 is 2.36 bits per heavy atom. The van der Waals surface area contributed by atoms with Crippen LogP contribution < -0.4 is 9.80 Å². The zero-order valence-electron chi connectivity index (χ0n) is 21.0. The van der Waals surface area contributed by atoms with E-state index in [1.165, 1.54) is 4.90 Å². The van der Waals surface area contributed by atoms with Gasteiger partial charge in [-0.3, -0.25) is 0 Å². The van der Waals surface area contributed by atoms with Crippen molar-refractivity contribution in [2.75, 3.05) is 39.3 Å². The van der Waals surface area contributed by atoms with Crippen LogP contribution in [0.2, 0.25) is 5.02 Å². The van der Waals surface area contributed by atoms with E-state index in [-0.39, 0.29) is 18.4 Å². The standard InChI is InChI=1S/C29H31ClN2O4/c1-4-31-14-16-32(17-15-31)26(19-10-12-20(30)13-11-19)25-24-23(29(34)35-5-2)18(3)36-28(24)22-9-7-6-8-21(22)27(25)33/h6-13,26,33H,4-5,14-17H2,1-3H3/p+2/t26-/m1/s1. The molecule has 5 rings (SSSR count). The molecule has 0 unspecified atom stereocenters. The average Bonchev–Trinajstić information content (AvgIpc) is 3.24. The number of benzene rings is 3. The van der Waals surface area contributed by atoms with Crippen LogP contribution >= 0.6 is 11.6 Å². The number of phenolic OH excluding ortho intramolecular Hbond substituents is 1. The number of aromatic hydroxyl groups is 1. The normalized spacial score (nSPS) is 19.0. The monoisotopic (exact) mass is 508 g/mol. The lowest BCUT2D eigenvalue weighted by Crippen LogP contribution is -3.28. The van der Waals surface area contributed by atoms with E-state index in [9.17, 15) is 9.90 Å². The summed E-state index contributed by atoms with van der Waals surface area (Å²) in [4.78, 5) is 16.1. The maximum Gasteiger partial charge on any atom is 0.342 e. The van der Waals surface area contributed by atoms with Gasteiger partial charge in [0.25, 0.3) is 0 Å². The molecule has 0 saturated carbocycles. The molecule has 3 N–H and O–H groups in total. The number of fused-ring (bicyclic) bond motifs is 3. The van der Waals surface area contributed by atoms with Crippen molar-refractivity contribution in [1.29, 1.82) is 0 Å². The molecule has 4 aromatic rings. The van der Waals surface area contributed by atoms with Crippen LogP contribution in [0.25, 0.3) is 21.7 Å². The summed E-state index contributed by atoms with van der Waals surface area (Å²) in [7, 11) is 0. The number of furan rings is 1. The lowest BCUT2D eigenvalue weighted by molar-refractivity contribution is -1.02. The largest absolute Gasteiger partial charge is 0.507 e. The number of carbonyl (C=O) groups excluding carboxylic acids is 1. The summed E-state index contributed by atoms with van der Waals surface area (Å²) >= 11 is 6.26. The lowest BCUT2D eigenvalue weighted by Gasteiger charge is -2.35. The summed E-state index contributed by atoms with van der Waals surface area (Å²) in [5.74, 6) is 0.238. The number of piperazine rings is 1. The maximum atomic E-state index is 13.2. The fourth-order valence-electron chi connectivity index (χ4n) is 5.70. The SMILES string of the molecule is CCOC(=O)c1c(C)oc2c1c([C@@H](c1ccc(Cl)cc1)[NH+]1CC[NH+](CC)CC1)c(O)c1ccccc12. The molecule has 0 radical (unpaired) electrons. The Labute approximate surface area is 216 Å². The Morgan fingerprint density at radius 1 is 1.06 bits per heavy atom. The highest BCUT2D eigenvalue weighted by Crippen LogP contribution is 2.45. The van der Waals surface area contributed by atoms with E-state index < -0.39 is 5.97 Å². The van der Waals surface area contributed by atoms with Gasteiger partial charge in [0.05, 0.1) is 18.7 Å². The summed E-state index contributed by atoms with van der Waals surface area (Å²) in [6.45, 7) is 11.1. The van der Waals surface area contributed by atoms with Crippen LogP contribution in [0.5, 0.6) is 5.75 Å². The zero-order valence-corrected chi connectivity index (χ0v) is 21.7. The highest BCUT2D eigenvalue weighted by Gasteiger charge is 2.38. The molecule has 188 valence electrons. The summed E-state index contributed by atoms with van der Waals surface area (Å²) in [6, 6.07) is 15.3. The van der Waals surface area contributed by atoms with Crippen molar-refractivity contribution in [3.05, 3.63) is 76.0 Å². The summed E-state index contributed by atoms with van der Waals surface area (Å²) in [5, 5.41) is 14.7. The van der Waals surface area contributed by atoms with Gasteiger partial charge >= 0.3 is 5.97 Å². The zero-order chi connectivity index (χ0) is 25.4. The molecule has 6 nitrogen and oxygen atoms in total. The molecule has 1 fully saturated rings. The Hall–Kier alpha value is -3.06. The molecule has 0 aliphatic carbocycles. The van der Waals surface area contributed by atoms with Gasteiger partial charge in [-0.15, -0.1) is 0 Å². The first kappa shape index (κ1) is 24.6. The van der Waals surface area contributed by atoms with Crippen molar-refractivity contribution >= 4 is 39.3 Å². The molecule has 0 bridgehead atoms. The number of likely N-dealkylation sites (N-methyl/N-ethyl adjacent to an activating group) is 1. The Kier molecular flexibility index (Phi) is 6.93. The number of nitrogens with one attached hydrogen (secondary N) is 2. The number of carbonyl (C=O) groups is 1. The molecule has 36 heavy (non-hydrogen) atoms. The number of phenols is 1. The van der Waals surface area contributed by atoms with Crippen LogP contribution in [0.1, 0.15) is 47.1 Å². The van der Waals surface area contributed by atoms with E-state index in [0.29, 0.717) is 38.3 Å². The van der Waals surface area contributed by atoms with Gasteiger partial charge in [0, 0.05) is 26.7 Å². The van der Waals surface area contributed by atoms with Gasteiger partial charge < -0.3 is 24.1 Å². The van der Waals surface area contributed by atoms with Crippen molar-refractivity contribution in [3.63, 3.8) is 0 Å². The second kappa shape index (κ2) is 10.1. The fraction of sp³-hybridized carbons (Fsp3) is 0.345. The van der Waals surface area contributed by atoms with Crippen molar-refractivity contribution in [1.82, 2.24) is 0 Å². The van der Waals surface area contributed by atoms with Crippen molar-refractivity contribution in [2.24, 2.45) is 0 Å². The first-order valence-electron chi connectivity index (χ1n) is 12.7. The first-order valence-corrected chi connectivity index (χ1v) is 13.1. The van der Waals surface area contributed by atoms with E-state index in [1.807, 2.05) is 48.5 Å². The predicted octanol–water partition coefficient (Wildman–Crippen LogP) is 3.32. The Morgan fingerprint density at radius 2 is 1.72 bits per heavy atom. The summed E-state index contributed by atoms with van der Waals surface area (Å²) in [6.07, 6.45) is 0. The number of hydrogen-bond donors (Lipinski definition) is 3. The van der Waals surface area contributed by atoms with Crippen LogP contribution in [0.3, 0.4) is 0 Å². The minimum atomic E-state index is -0.435. The van der Waals surface area contributed by atoms with Gasteiger partial charge in [-0.25, -0.2) is 4.79 Å². The number of esters is 1. The number of halogens is 1. The van der Waals surface area contributed by atoms with E-state index in [1.54, 1.807) is 18.7 Å². The smallest absolute Gasteiger partial charge is 0.342 e. The summed E-state index contributed by atoms with van der Waals surface area (Å²) < 4.78 is 11.7. The molecule has 7 heteroatoms. The third-order valence-electron chi connectivity index (χ3n) is 7.51. The molecule has 0 amide bonds. The molecule has 1 aliphatic heterocycles. The third kappa shape index (κ3) is 4.23. The van der Waals surface area contributed by atoms with Gasteiger partial charge in [0.2, 0.25) is 0 Å². The van der Waals surface area contributed by atoms with Crippen LogP contribution in [-0.4, -0.2) is 50.4 Å². The van der Waals surface area contributed by atoms with E-state index in [0.717, 1.165) is 43.7 Å². The molecule has 1 aromatic heterocycles. The molecular weight excluding hydrogens is 476 g/mol. The lowest BCUT2D eigenvalue weighted by atomic mass is 9.88. The average molecular weight is 509 g/mol. The second-order valence-corrected chi connectivity index (χ2v) is 9.95. The molecule has 1 saturated heterocycles. The maximum absolute atomic E-state index is 13.2. The molecule has 0 spiro atoms. The summed E-state index contributed by atoms with van der Waals surface area (Å²) in [5.41, 5.74) is 2.74. The number of ether oxygens (including phenoxy) is 1. The van der Waals surface area contributed by atoms with Crippen LogP contribution in [-0.2, 0) is 4.74 Å². The Bertz CT molecular complexity index is 1400. The quantitative estimate of drug-likeness (QED) is 0.349. The van der Waals surface area contributed by atoms with Crippen LogP contribution in [0.4, 0.5) is 0 Å². The van der Waals surface area contributed by atoms with E-state index >= 15 is 0 Å². The second-order valence-electron chi connectivity index (χ2n) is 9.51. The molecule has 1 atom stereocenters. The van der Waals surface area contributed by atoms with Gasteiger partial charge in [-0.2, -0.15) is 0 Å². The fourth-order valence-corrected chi connectivity index (χ4v) is 5.83. The van der Waals surface area contributed by atoms with E-state index in [2.05, 4.69) is 6.92 Å². The number of aryl methyl sites for hydroxylation is 1. The third-order valence-corrected chi connectivity index (χ3v) is 7.77. The van der Waals surface area contributed by atoms with Crippen LogP contribution in [0, 0.1) is 6.92 Å². The number of quaternary nitrogens is 2. The minimum Gasteiger partial charge on any atom is -0.507 e. The molecule has 2 heterocycles. The number of hydrogen-bond acceptors (Lipinski definition) is 4. The topological polar surface area (TPSA) is 68.5 Å². The van der Waals surface area contributed by atoms with Gasteiger partial charge in [0.15, 0.2) is 0 Å². The predicted molar refractivity (Wildman–Crippen MR) is 141 cm³/mol. The van der Waals surface area contributed by atoms with Crippen molar-refractivity contribution < 1.29 is 28.9 Å².